The van der Waals surface area contributed by atoms with Crippen LogP contribution in [0, 0.1) is 0 Å². The Morgan fingerprint density at radius 3 is 1.91 bits per heavy atom. The molecule has 0 aliphatic heterocycles. The monoisotopic (exact) mass is 616 g/mol. The number of ether oxygens (including phenoxy) is 4. The molecule has 240 valence electrons. The summed E-state index contributed by atoms with van der Waals surface area (Å²) in [5.74, 6) is 0.426. The van der Waals surface area contributed by atoms with Crippen LogP contribution in [-0.2, 0) is 14.3 Å². The quantitative estimate of drug-likeness (QED) is 0.0986. The molecule has 0 amide bonds. The first-order valence-corrected chi connectivity index (χ1v) is 15.4. The Bertz CT molecular complexity index is 1240. The number of aromatic nitrogens is 2. The van der Waals surface area contributed by atoms with Crippen molar-refractivity contribution in [3.8, 4) is 34.0 Å². The standard InChI is InChI=1S/C34H43F3N2O5/c1-4-6-8-9-10-11-21-41-29-18-14-27(15-19-29)32-38-22-28(23-39-32)26-12-16-30(17-13-26)43-24-25(3)44-33(40)31(34(35,36)37)42-20-7-5-2/h12-19,22-23,25,31H,4-11,20-21,24H2,1-3H3. The summed E-state index contributed by atoms with van der Waals surface area (Å²) in [6, 6.07) is 14.8. The van der Waals surface area contributed by atoms with E-state index in [1.807, 2.05) is 43.3 Å². The molecule has 2 aromatic carbocycles. The van der Waals surface area contributed by atoms with E-state index in [1.165, 1.54) is 39.0 Å². The van der Waals surface area contributed by atoms with Crippen molar-refractivity contribution < 1.29 is 36.9 Å². The first-order chi connectivity index (χ1) is 21.2. The summed E-state index contributed by atoms with van der Waals surface area (Å²) < 4.78 is 60.8. The summed E-state index contributed by atoms with van der Waals surface area (Å²) in [5, 5.41) is 0. The van der Waals surface area contributed by atoms with Crippen molar-refractivity contribution in [1.82, 2.24) is 9.97 Å². The van der Waals surface area contributed by atoms with Gasteiger partial charge in [-0.25, -0.2) is 14.8 Å². The highest BCUT2D eigenvalue weighted by Crippen LogP contribution is 2.26. The molecule has 3 rings (SSSR count). The fourth-order valence-corrected chi connectivity index (χ4v) is 4.29. The van der Waals surface area contributed by atoms with Gasteiger partial charge in [0.05, 0.1) is 6.61 Å². The Labute approximate surface area is 258 Å². The SMILES string of the molecule is CCCCCCCCOc1ccc(-c2ncc(-c3ccc(OCC(C)OC(=O)C(OCCCC)C(F)(F)F)cc3)cn2)cc1. The maximum Gasteiger partial charge on any atom is 0.425 e. The van der Waals surface area contributed by atoms with Crippen molar-refractivity contribution >= 4 is 5.97 Å². The molecule has 0 bridgehead atoms. The maximum atomic E-state index is 13.2. The number of carbonyl (C=O) groups excluding carboxylic acids is 1. The van der Waals surface area contributed by atoms with Gasteiger partial charge in [-0.1, -0.05) is 64.5 Å². The first-order valence-electron chi connectivity index (χ1n) is 15.4. The second-order valence-corrected chi connectivity index (χ2v) is 10.7. The molecular weight excluding hydrogens is 573 g/mol. The highest BCUT2D eigenvalue weighted by molar-refractivity contribution is 5.75. The van der Waals surface area contributed by atoms with Gasteiger partial charge in [0, 0.05) is 30.1 Å². The van der Waals surface area contributed by atoms with Crippen molar-refractivity contribution in [2.45, 2.75) is 90.5 Å². The third-order valence-electron chi connectivity index (χ3n) is 6.81. The number of unbranched alkanes of at least 4 members (excludes halogenated alkanes) is 6. The van der Waals surface area contributed by atoms with Crippen LogP contribution in [0.4, 0.5) is 13.2 Å². The molecule has 0 aliphatic carbocycles. The van der Waals surface area contributed by atoms with E-state index in [0.29, 0.717) is 31.0 Å². The van der Waals surface area contributed by atoms with Gasteiger partial charge in [0.2, 0.25) is 0 Å². The van der Waals surface area contributed by atoms with Crippen molar-refractivity contribution in [2.75, 3.05) is 19.8 Å². The van der Waals surface area contributed by atoms with Crippen LogP contribution in [0.25, 0.3) is 22.5 Å². The fraction of sp³-hybridized carbons (Fsp3) is 0.500. The van der Waals surface area contributed by atoms with Gasteiger partial charge in [-0.3, -0.25) is 0 Å². The lowest BCUT2D eigenvalue weighted by Crippen LogP contribution is -2.42. The van der Waals surface area contributed by atoms with Crippen molar-refractivity contribution in [2.24, 2.45) is 0 Å². The van der Waals surface area contributed by atoms with Crippen LogP contribution >= 0.6 is 0 Å². The molecule has 44 heavy (non-hydrogen) atoms. The lowest BCUT2D eigenvalue weighted by molar-refractivity contribution is -0.232. The highest BCUT2D eigenvalue weighted by Gasteiger charge is 2.47. The second-order valence-electron chi connectivity index (χ2n) is 10.7. The molecule has 0 saturated carbocycles. The summed E-state index contributed by atoms with van der Waals surface area (Å²) in [6.07, 6.45) is 3.49. The Morgan fingerprint density at radius 2 is 1.30 bits per heavy atom. The minimum absolute atomic E-state index is 0.120. The summed E-state index contributed by atoms with van der Waals surface area (Å²) in [7, 11) is 0. The summed E-state index contributed by atoms with van der Waals surface area (Å²) >= 11 is 0. The van der Waals surface area contributed by atoms with E-state index in [-0.39, 0.29) is 13.2 Å². The number of alkyl halides is 3. The first kappa shape index (κ1) is 34.8. The van der Waals surface area contributed by atoms with E-state index >= 15 is 0 Å². The minimum atomic E-state index is -4.85. The topological polar surface area (TPSA) is 79.8 Å². The molecule has 0 fully saturated rings. The van der Waals surface area contributed by atoms with Gasteiger partial charge in [0.25, 0.3) is 6.10 Å². The summed E-state index contributed by atoms with van der Waals surface area (Å²) in [4.78, 5) is 21.1. The van der Waals surface area contributed by atoms with Crippen LogP contribution in [0.15, 0.2) is 60.9 Å². The molecule has 1 heterocycles. The normalized spacial score (nSPS) is 12.9. The predicted octanol–water partition coefficient (Wildman–Crippen LogP) is 8.61. The van der Waals surface area contributed by atoms with Crippen molar-refractivity contribution in [3.05, 3.63) is 60.9 Å². The van der Waals surface area contributed by atoms with E-state index < -0.39 is 24.4 Å². The van der Waals surface area contributed by atoms with E-state index in [1.54, 1.807) is 24.5 Å². The third kappa shape index (κ3) is 11.8. The average molecular weight is 617 g/mol. The van der Waals surface area contributed by atoms with Crippen molar-refractivity contribution in [1.29, 1.82) is 0 Å². The van der Waals surface area contributed by atoms with Crippen molar-refractivity contribution in [3.63, 3.8) is 0 Å². The minimum Gasteiger partial charge on any atom is -0.494 e. The molecule has 10 heteroatoms. The molecule has 3 aromatic rings. The lowest BCUT2D eigenvalue weighted by atomic mass is 10.1. The molecule has 0 spiro atoms. The average Bonchev–Trinajstić information content (AvgIpc) is 3.01. The van der Waals surface area contributed by atoms with Crippen LogP contribution in [-0.4, -0.2) is 54.1 Å². The molecular formula is C34H43F3N2O5. The third-order valence-corrected chi connectivity index (χ3v) is 6.81. The molecule has 0 aliphatic rings. The number of esters is 1. The van der Waals surface area contributed by atoms with Gasteiger partial charge in [0.1, 0.15) is 24.2 Å². The van der Waals surface area contributed by atoms with Gasteiger partial charge in [-0.2, -0.15) is 13.2 Å². The Kier molecular flexibility index (Phi) is 14.4. The highest BCUT2D eigenvalue weighted by atomic mass is 19.4. The van der Waals surface area contributed by atoms with E-state index in [0.717, 1.165) is 28.9 Å². The van der Waals surface area contributed by atoms with Gasteiger partial charge in [-0.15, -0.1) is 0 Å². The summed E-state index contributed by atoms with van der Waals surface area (Å²) in [5.41, 5.74) is 2.55. The molecule has 2 unspecified atom stereocenters. The number of carbonyl (C=O) groups is 1. The Morgan fingerprint density at radius 1 is 0.727 bits per heavy atom. The Hall–Kier alpha value is -3.66. The summed E-state index contributed by atoms with van der Waals surface area (Å²) in [6.45, 7) is 5.91. The number of nitrogens with zero attached hydrogens (tertiary/aromatic N) is 2. The van der Waals surface area contributed by atoms with Crippen LogP contribution in [0.2, 0.25) is 0 Å². The molecule has 0 radical (unpaired) electrons. The van der Waals surface area contributed by atoms with Crippen LogP contribution in [0.3, 0.4) is 0 Å². The molecule has 1 aromatic heterocycles. The van der Waals surface area contributed by atoms with Crippen LogP contribution in [0.5, 0.6) is 11.5 Å². The predicted molar refractivity (Wildman–Crippen MR) is 164 cm³/mol. The van der Waals surface area contributed by atoms with Crippen LogP contribution < -0.4 is 9.47 Å². The van der Waals surface area contributed by atoms with E-state index in [9.17, 15) is 18.0 Å². The number of rotatable bonds is 19. The van der Waals surface area contributed by atoms with Gasteiger partial charge in [-0.05, 0) is 61.7 Å². The smallest absolute Gasteiger partial charge is 0.425 e. The largest absolute Gasteiger partial charge is 0.494 e. The zero-order valence-electron chi connectivity index (χ0n) is 25.8. The van der Waals surface area contributed by atoms with E-state index in [4.69, 9.17) is 18.9 Å². The zero-order chi connectivity index (χ0) is 31.8. The van der Waals surface area contributed by atoms with Gasteiger partial charge in [0.15, 0.2) is 5.82 Å². The number of halogens is 3. The number of hydrogen-bond donors (Lipinski definition) is 0. The van der Waals surface area contributed by atoms with Gasteiger partial charge >= 0.3 is 12.1 Å². The fourth-order valence-electron chi connectivity index (χ4n) is 4.29. The molecule has 2 atom stereocenters. The second kappa shape index (κ2) is 18.2. The zero-order valence-corrected chi connectivity index (χ0v) is 25.8. The molecule has 0 N–H and O–H groups in total. The number of benzene rings is 2. The van der Waals surface area contributed by atoms with Crippen LogP contribution in [0.1, 0.15) is 72.1 Å². The van der Waals surface area contributed by atoms with E-state index in [2.05, 4.69) is 16.9 Å². The lowest BCUT2D eigenvalue weighted by Gasteiger charge is -2.22. The number of hydrogen-bond acceptors (Lipinski definition) is 7. The molecule has 7 nitrogen and oxygen atoms in total. The molecule has 0 saturated heterocycles. The Balaban J connectivity index is 1.46. The maximum absolute atomic E-state index is 13.2. The van der Waals surface area contributed by atoms with Gasteiger partial charge < -0.3 is 18.9 Å².